The van der Waals surface area contributed by atoms with Crippen molar-refractivity contribution in [1.82, 2.24) is 15.1 Å². The fraction of sp³-hybridized carbons (Fsp3) is 0.391. The molecule has 1 aliphatic heterocycles. The Bertz CT molecular complexity index is 834. The van der Waals surface area contributed by atoms with Crippen molar-refractivity contribution in [2.24, 2.45) is 5.92 Å². The van der Waals surface area contributed by atoms with Crippen molar-refractivity contribution in [1.29, 1.82) is 0 Å². The molecule has 1 unspecified atom stereocenters. The summed E-state index contributed by atoms with van der Waals surface area (Å²) >= 11 is 0. The number of hydrogen-bond donors (Lipinski definition) is 1. The molecule has 0 aliphatic carbocycles. The van der Waals surface area contributed by atoms with E-state index in [0.29, 0.717) is 25.2 Å². The van der Waals surface area contributed by atoms with Gasteiger partial charge in [-0.3, -0.25) is 9.59 Å². The fourth-order valence-electron chi connectivity index (χ4n) is 3.61. The Morgan fingerprint density at radius 3 is 2.38 bits per heavy atom. The van der Waals surface area contributed by atoms with Crippen LogP contribution < -0.4 is 5.32 Å². The summed E-state index contributed by atoms with van der Waals surface area (Å²) in [5.41, 5.74) is 2.73. The number of piperidine rings is 1. The van der Waals surface area contributed by atoms with Gasteiger partial charge in [0.1, 0.15) is 5.82 Å². The van der Waals surface area contributed by atoms with Gasteiger partial charge in [0.05, 0.1) is 5.92 Å². The van der Waals surface area contributed by atoms with E-state index in [1.54, 1.807) is 4.90 Å². The monoisotopic (exact) mass is 397 g/mol. The quantitative estimate of drug-likeness (QED) is 0.815. The predicted molar refractivity (Wildman–Crippen MR) is 111 cm³/mol. The van der Waals surface area contributed by atoms with Crippen molar-refractivity contribution < 1.29 is 14.0 Å². The maximum atomic E-state index is 13.1. The molecule has 1 heterocycles. The lowest BCUT2D eigenvalue weighted by atomic mass is 9.96. The first-order valence-electron chi connectivity index (χ1n) is 9.97. The van der Waals surface area contributed by atoms with Gasteiger partial charge in [0.25, 0.3) is 5.91 Å². The van der Waals surface area contributed by atoms with Crippen LogP contribution in [-0.2, 0) is 17.9 Å². The Labute approximate surface area is 171 Å². The number of carbonyl (C=O) groups is 2. The number of likely N-dealkylation sites (tertiary alicyclic amines) is 1. The Morgan fingerprint density at radius 2 is 1.72 bits per heavy atom. The van der Waals surface area contributed by atoms with E-state index < -0.39 is 0 Å². The van der Waals surface area contributed by atoms with Gasteiger partial charge in [0.15, 0.2) is 0 Å². The Balaban J connectivity index is 1.52. The second-order valence-electron chi connectivity index (χ2n) is 7.87. The van der Waals surface area contributed by atoms with E-state index in [9.17, 15) is 14.0 Å². The van der Waals surface area contributed by atoms with Crippen LogP contribution in [0.4, 0.5) is 4.39 Å². The number of carbonyl (C=O) groups excluding carboxylic acids is 2. The first kappa shape index (κ1) is 21.0. The minimum atomic E-state index is -0.368. The van der Waals surface area contributed by atoms with Crippen molar-refractivity contribution in [2.45, 2.75) is 25.9 Å². The summed E-state index contributed by atoms with van der Waals surface area (Å²) in [7, 11) is 4.06. The highest BCUT2D eigenvalue weighted by atomic mass is 19.1. The molecule has 1 atom stereocenters. The third kappa shape index (κ3) is 5.87. The normalized spacial score (nSPS) is 16.7. The number of nitrogens with one attached hydrogen (secondary N) is 1. The molecular weight excluding hydrogens is 369 g/mol. The topological polar surface area (TPSA) is 52.7 Å². The lowest BCUT2D eigenvalue weighted by Crippen LogP contribution is -2.45. The van der Waals surface area contributed by atoms with E-state index in [4.69, 9.17) is 0 Å². The highest BCUT2D eigenvalue weighted by Gasteiger charge is 2.28. The van der Waals surface area contributed by atoms with Gasteiger partial charge in [-0.15, -0.1) is 0 Å². The highest BCUT2D eigenvalue weighted by Crippen LogP contribution is 2.19. The van der Waals surface area contributed by atoms with Crippen LogP contribution in [0, 0.1) is 11.7 Å². The van der Waals surface area contributed by atoms with Crippen LogP contribution in [0.5, 0.6) is 0 Å². The van der Waals surface area contributed by atoms with Gasteiger partial charge < -0.3 is 15.1 Å². The third-order valence-corrected chi connectivity index (χ3v) is 5.16. The molecule has 0 saturated carbocycles. The van der Waals surface area contributed by atoms with Crippen molar-refractivity contribution in [3.05, 3.63) is 71.0 Å². The largest absolute Gasteiger partial charge is 0.352 e. The molecule has 0 bridgehead atoms. The van der Waals surface area contributed by atoms with E-state index in [-0.39, 0.29) is 23.5 Å². The molecule has 29 heavy (non-hydrogen) atoms. The van der Waals surface area contributed by atoms with Crippen molar-refractivity contribution in [2.75, 3.05) is 27.2 Å². The van der Waals surface area contributed by atoms with Crippen LogP contribution in [0.15, 0.2) is 48.5 Å². The number of rotatable bonds is 6. The minimum absolute atomic E-state index is 0.0287. The zero-order valence-corrected chi connectivity index (χ0v) is 17.0. The van der Waals surface area contributed by atoms with Gasteiger partial charge in [-0.2, -0.15) is 0 Å². The van der Waals surface area contributed by atoms with Gasteiger partial charge in [0.2, 0.25) is 5.91 Å². The molecule has 1 saturated heterocycles. The maximum Gasteiger partial charge on any atom is 0.253 e. The first-order valence-corrected chi connectivity index (χ1v) is 9.97. The van der Waals surface area contributed by atoms with Crippen LogP contribution in [0.25, 0.3) is 0 Å². The Morgan fingerprint density at radius 1 is 1.07 bits per heavy atom. The molecule has 0 spiro atoms. The van der Waals surface area contributed by atoms with E-state index in [1.807, 2.05) is 26.2 Å². The fourth-order valence-corrected chi connectivity index (χ4v) is 3.61. The summed E-state index contributed by atoms with van der Waals surface area (Å²) in [6, 6.07) is 13.8. The molecule has 2 aromatic rings. The second kappa shape index (κ2) is 9.65. The van der Waals surface area contributed by atoms with Gasteiger partial charge in [-0.1, -0.05) is 24.3 Å². The first-order chi connectivity index (χ1) is 13.9. The summed E-state index contributed by atoms with van der Waals surface area (Å²) in [5.74, 6) is -0.772. The van der Waals surface area contributed by atoms with Crippen LogP contribution in [0.2, 0.25) is 0 Å². The highest BCUT2D eigenvalue weighted by molar-refractivity contribution is 5.94. The third-order valence-electron chi connectivity index (χ3n) is 5.16. The number of nitrogens with zero attached hydrogens (tertiary/aromatic N) is 2. The molecule has 3 rings (SSSR count). The summed E-state index contributed by atoms with van der Waals surface area (Å²) in [4.78, 5) is 29.1. The maximum absolute atomic E-state index is 13.1. The molecule has 2 aromatic carbocycles. The van der Waals surface area contributed by atoms with Gasteiger partial charge >= 0.3 is 0 Å². The number of hydrogen-bond acceptors (Lipinski definition) is 3. The second-order valence-corrected chi connectivity index (χ2v) is 7.87. The molecule has 154 valence electrons. The summed E-state index contributed by atoms with van der Waals surface area (Å²) < 4.78 is 13.1. The molecule has 5 nitrogen and oxygen atoms in total. The molecule has 1 fully saturated rings. The van der Waals surface area contributed by atoms with E-state index >= 15 is 0 Å². The van der Waals surface area contributed by atoms with Gasteiger partial charge in [-0.05, 0) is 62.3 Å². The SMILES string of the molecule is CN(C)Cc1ccc(CNC(=O)C2CCCN(C(=O)c3ccc(F)cc3)C2)cc1. The van der Waals surface area contributed by atoms with Crippen LogP contribution in [0.1, 0.15) is 34.3 Å². The average molecular weight is 397 g/mol. The molecule has 1 aliphatic rings. The van der Waals surface area contributed by atoms with Crippen LogP contribution >= 0.6 is 0 Å². The Kier molecular flexibility index (Phi) is 6.99. The molecular formula is C23H28FN3O2. The summed E-state index contributed by atoms with van der Waals surface area (Å²) in [5, 5.41) is 3.00. The molecule has 0 aromatic heterocycles. The van der Waals surface area contributed by atoms with Crippen molar-refractivity contribution >= 4 is 11.8 Å². The van der Waals surface area contributed by atoms with E-state index in [1.165, 1.54) is 29.8 Å². The summed E-state index contributed by atoms with van der Waals surface area (Å²) in [6.45, 7) is 2.37. The molecule has 2 amide bonds. The smallest absolute Gasteiger partial charge is 0.253 e. The van der Waals surface area contributed by atoms with E-state index in [0.717, 1.165) is 24.9 Å². The Hall–Kier alpha value is -2.73. The zero-order valence-electron chi connectivity index (χ0n) is 17.0. The zero-order chi connectivity index (χ0) is 20.8. The standard InChI is InChI=1S/C23H28FN3O2/c1-26(2)15-18-7-5-17(6-8-18)14-25-22(28)20-4-3-13-27(16-20)23(29)19-9-11-21(24)12-10-19/h5-12,20H,3-4,13-16H2,1-2H3,(H,25,28). The number of halogens is 1. The predicted octanol–water partition coefficient (Wildman–Crippen LogP) is 3.06. The lowest BCUT2D eigenvalue weighted by Gasteiger charge is -2.32. The van der Waals surface area contributed by atoms with Crippen LogP contribution in [0.3, 0.4) is 0 Å². The minimum Gasteiger partial charge on any atom is -0.352 e. The molecule has 0 radical (unpaired) electrons. The van der Waals surface area contributed by atoms with Gasteiger partial charge in [0, 0.05) is 31.7 Å². The van der Waals surface area contributed by atoms with Crippen LogP contribution in [-0.4, -0.2) is 48.8 Å². The van der Waals surface area contributed by atoms with Gasteiger partial charge in [-0.25, -0.2) is 4.39 Å². The average Bonchev–Trinajstić information content (AvgIpc) is 2.73. The van der Waals surface area contributed by atoms with Crippen molar-refractivity contribution in [3.63, 3.8) is 0 Å². The van der Waals surface area contributed by atoms with Crippen molar-refractivity contribution in [3.8, 4) is 0 Å². The molecule has 6 heteroatoms. The molecule has 1 N–H and O–H groups in total. The van der Waals surface area contributed by atoms with E-state index in [2.05, 4.69) is 22.3 Å². The number of amides is 2. The number of benzene rings is 2. The summed E-state index contributed by atoms with van der Waals surface area (Å²) in [6.07, 6.45) is 1.55. The lowest BCUT2D eigenvalue weighted by molar-refractivity contribution is -0.126.